The third kappa shape index (κ3) is 9.76. The Hall–Kier alpha value is -1.16. The molecule has 1 N–H and O–H groups in total. The Balaban J connectivity index is 2.52. The maximum atomic E-state index is 12.4. The number of benzene rings is 1. The van der Waals surface area contributed by atoms with Crippen LogP contribution in [-0.4, -0.2) is 29.2 Å². The van der Waals surface area contributed by atoms with Gasteiger partial charge >= 0.3 is 5.97 Å². The number of rotatable bonds is 12. The second-order valence-electron chi connectivity index (χ2n) is 10.3. The van der Waals surface area contributed by atoms with Crippen molar-refractivity contribution in [3.05, 3.63) is 28.8 Å². The van der Waals surface area contributed by atoms with Gasteiger partial charge in [0.25, 0.3) is 0 Å². The first-order chi connectivity index (χ1) is 14.0. The van der Waals surface area contributed by atoms with Crippen LogP contribution in [-0.2, 0) is 26.8 Å². The molecular formula is C26H44O3S. The van der Waals surface area contributed by atoms with Crippen molar-refractivity contribution < 1.29 is 14.6 Å². The second-order valence-corrected chi connectivity index (χ2v) is 11.5. The van der Waals surface area contributed by atoms with E-state index in [9.17, 15) is 9.90 Å². The Labute approximate surface area is 189 Å². The van der Waals surface area contributed by atoms with Gasteiger partial charge in [0.15, 0.2) is 0 Å². The number of phenolic OH excluding ortho intramolecular Hbond substituents is 1. The van der Waals surface area contributed by atoms with Gasteiger partial charge in [-0.3, -0.25) is 4.79 Å². The zero-order valence-corrected chi connectivity index (χ0v) is 21.2. The third-order valence-corrected chi connectivity index (χ3v) is 6.30. The van der Waals surface area contributed by atoms with E-state index in [4.69, 9.17) is 4.74 Å². The van der Waals surface area contributed by atoms with Crippen LogP contribution < -0.4 is 0 Å². The Bertz CT molecular complexity index is 618. The van der Waals surface area contributed by atoms with E-state index in [1.54, 1.807) is 0 Å². The summed E-state index contributed by atoms with van der Waals surface area (Å²) in [6, 6.07) is 3.91. The minimum Gasteiger partial charge on any atom is -0.507 e. The number of phenols is 1. The lowest BCUT2D eigenvalue weighted by molar-refractivity contribution is -0.142. The van der Waals surface area contributed by atoms with Gasteiger partial charge in [-0.2, -0.15) is 11.8 Å². The zero-order valence-electron chi connectivity index (χ0n) is 20.4. The Morgan fingerprint density at radius 2 is 1.43 bits per heavy atom. The number of thioether (sulfide) groups is 1. The predicted molar refractivity (Wildman–Crippen MR) is 131 cm³/mol. The summed E-state index contributed by atoms with van der Waals surface area (Å²) in [4.78, 5) is 12.4. The predicted octanol–water partition coefficient (Wildman–Crippen LogP) is 7.17. The molecule has 4 heteroatoms. The van der Waals surface area contributed by atoms with E-state index >= 15 is 0 Å². The zero-order chi connectivity index (χ0) is 22.8. The van der Waals surface area contributed by atoms with Crippen molar-refractivity contribution in [2.75, 3.05) is 18.1 Å². The minimum atomic E-state index is -0.197. The standard InChI is InChI=1S/C26H44O3S/c1-8-9-10-11-12-13-15-30-16-14-29-23(27)19-20-17-21(25(2,3)4)24(28)22(18-20)26(5,6)7/h17-18,28H,8-16,19H2,1-7H3. The molecule has 1 aromatic carbocycles. The van der Waals surface area contributed by atoms with E-state index in [0.29, 0.717) is 12.4 Å². The number of unbranched alkanes of at least 4 members (excludes halogenated alkanes) is 5. The highest BCUT2D eigenvalue weighted by molar-refractivity contribution is 7.99. The Kier molecular flexibility index (Phi) is 11.3. The van der Waals surface area contributed by atoms with Gasteiger partial charge < -0.3 is 9.84 Å². The highest BCUT2D eigenvalue weighted by Gasteiger charge is 2.27. The van der Waals surface area contributed by atoms with Gasteiger partial charge in [-0.15, -0.1) is 0 Å². The topological polar surface area (TPSA) is 46.5 Å². The third-order valence-electron chi connectivity index (χ3n) is 5.27. The fourth-order valence-electron chi connectivity index (χ4n) is 3.46. The molecule has 0 radical (unpaired) electrons. The fraction of sp³-hybridized carbons (Fsp3) is 0.731. The van der Waals surface area contributed by atoms with Gasteiger partial charge in [-0.1, -0.05) is 92.7 Å². The van der Waals surface area contributed by atoms with Crippen molar-refractivity contribution in [2.45, 2.75) is 104 Å². The van der Waals surface area contributed by atoms with E-state index in [2.05, 4.69) is 48.5 Å². The summed E-state index contributed by atoms with van der Waals surface area (Å²) in [5.74, 6) is 2.15. The maximum absolute atomic E-state index is 12.4. The summed E-state index contributed by atoms with van der Waals surface area (Å²) >= 11 is 1.87. The average Bonchev–Trinajstić information content (AvgIpc) is 2.62. The van der Waals surface area contributed by atoms with Crippen LogP contribution in [0.25, 0.3) is 0 Å². The number of hydrogen-bond acceptors (Lipinski definition) is 4. The smallest absolute Gasteiger partial charge is 0.310 e. The molecule has 0 aromatic heterocycles. The average molecular weight is 437 g/mol. The SMILES string of the molecule is CCCCCCCCSCCOC(=O)Cc1cc(C(C)(C)C)c(O)c(C(C)(C)C)c1. The molecule has 0 saturated heterocycles. The van der Waals surface area contributed by atoms with E-state index in [1.807, 2.05) is 23.9 Å². The molecular weight excluding hydrogens is 392 g/mol. The number of hydrogen-bond donors (Lipinski definition) is 1. The van der Waals surface area contributed by atoms with Crippen LogP contribution in [0.1, 0.15) is 104 Å². The molecule has 0 amide bonds. The monoisotopic (exact) mass is 436 g/mol. The number of carbonyl (C=O) groups is 1. The number of carbonyl (C=O) groups excluding carboxylic acids is 1. The van der Waals surface area contributed by atoms with E-state index in [1.165, 1.54) is 38.5 Å². The second kappa shape index (κ2) is 12.6. The molecule has 0 atom stereocenters. The molecule has 1 aromatic rings. The molecule has 0 unspecified atom stereocenters. The Morgan fingerprint density at radius 1 is 0.900 bits per heavy atom. The van der Waals surface area contributed by atoms with Crippen LogP contribution in [0, 0.1) is 0 Å². The van der Waals surface area contributed by atoms with Gasteiger partial charge in [0.05, 0.1) is 6.42 Å². The summed E-state index contributed by atoms with van der Waals surface area (Å²) in [7, 11) is 0. The molecule has 0 spiro atoms. The Morgan fingerprint density at radius 3 is 1.97 bits per heavy atom. The van der Waals surface area contributed by atoms with Crippen molar-refractivity contribution >= 4 is 17.7 Å². The van der Waals surface area contributed by atoms with Crippen molar-refractivity contribution in [3.8, 4) is 5.75 Å². The molecule has 0 aliphatic rings. The lowest BCUT2D eigenvalue weighted by Crippen LogP contribution is -2.19. The lowest BCUT2D eigenvalue weighted by atomic mass is 9.78. The van der Waals surface area contributed by atoms with Gasteiger partial charge in [0, 0.05) is 5.75 Å². The van der Waals surface area contributed by atoms with Crippen LogP contribution in [0.3, 0.4) is 0 Å². The lowest BCUT2D eigenvalue weighted by Gasteiger charge is -2.28. The van der Waals surface area contributed by atoms with Crippen LogP contribution in [0.2, 0.25) is 0 Å². The highest BCUT2D eigenvalue weighted by atomic mass is 32.2. The van der Waals surface area contributed by atoms with Crippen LogP contribution >= 0.6 is 11.8 Å². The van der Waals surface area contributed by atoms with Crippen molar-refractivity contribution in [1.82, 2.24) is 0 Å². The number of esters is 1. The number of ether oxygens (including phenoxy) is 1. The van der Waals surface area contributed by atoms with Crippen molar-refractivity contribution in [2.24, 2.45) is 0 Å². The molecule has 0 fully saturated rings. The van der Waals surface area contributed by atoms with Crippen molar-refractivity contribution in [1.29, 1.82) is 0 Å². The molecule has 0 aliphatic heterocycles. The molecule has 172 valence electrons. The molecule has 1 rings (SSSR count). The molecule has 0 saturated carbocycles. The first-order valence-corrected chi connectivity index (χ1v) is 12.7. The summed E-state index contributed by atoms with van der Waals surface area (Å²) in [6.45, 7) is 15.2. The van der Waals surface area contributed by atoms with E-state index in [0.717, 1.165) is 28.2 Å². The first-order valence-electron chi connectivity index (χ1n) is 11.6. The minimum absolute atomic E-state index is 0.194. The van der Waals surface area contributed by atoms with Gasteiger partial charge in [0.2, 0.25) is 0 Å². The molecule has 30 heavy (non-hydrogen) atoms. The van der Waals surface area contributed by atoms with Gasteiger partial charge in [-0.05, 0) is 39.7 Å². The highest BCUT2D eigenvalue weighted by Crippen LogP contribution is 2.39. The molecule has 0 heterocycles. The normalized spacial score (nSPS) is 12.2. The molecule has 3 nitrogen and oxygen atoms in total. The largest absolute Gasteiger partial charge is 0.507 e. The maximum Gasteiger partial charge on any atom is 0.310 e. The van der Waals surface area contributed by atoms with Gasteiger partial charge in [0.1, 0.15) is 12.4 Å². The van der Waals surface area contributed by atoms with Gasteiger partial charge in [-0.25, -0.2) is 0 Å². The fourth-order valence-corrected chi connectivity index (χ4v) is 4.27. The van der Waals surface area contributed by atoms with Crippen LogP contribution in [0.15, 0.2) is 12.1 Å². The summed E-state index contributed by atoms with van der Waals surface area (Å²) in [6.07, 6.45) is 8.13. The first kappa shape index (κ1) is 26.9. The summed E-state index contributed by atoms with van der Waals surface area (Å²) in [5.41, 5.74) is 2.28. The quantitative estimate of drug-likeness (QED) is 0.279. The van der Waals surface area contributed by atoms with Crippen LogP contribution in [0.5, 0.6) is 5.75 Å². The van der Waals surface area contributed by atoms with Crippen LogP contribution in [0.4, 0.5) is 0 Å². The van der Waals surface area contributed by atoms with Crippen molar-refractivity contribution in [3.63, 3.8) is 0 Å². The summed E-state index contributed by atoms with van der Waals surface area (Å²) in [5, 5.41) is 10.8. The summed E-state index contributed by atoms with van der Waals surface area (Å²) < 4.78 is 5.46. The number of aromatic hydroxyl groups is 1. The van der Waals surface area contributed by atoms with E-state index < -0.39 is 0 Å². The molecule has 0 aliphatic carbocycles. The molecule has 0 bridgehead atoms. The van der Waals surface area contributed by atoms with E-state index in [-0.39, 0.29) is 23.2 Å².